The molecule has 1 atom stereocenters. The van der Waals surface area contributed by atoms with Gasteiger partial charge >= 0.3 is 0 Å². The Morgan fingerprint density at radius 1 is 0.966 bits per heavy atom. The van der Waals surface area contributed by atoms with Crippen molar-refractivity contribution in [2.75, 3.05) is 32.8 Å². The summed E-state index contributed by atoms with van der Waals surface area (Å²) in [6.45, 7) is 4.10. The van der Waals surface area contributed by atoms with Crippen LogP contribution in [0.1, 0.15) is 21.9 Å². The van der Waals surface area contributed by atoms with Crippen molar-refractivity contribution in [2.45, 2.75) is 5.92 Å². The number of hydrogen-bond acceptors (Lipinski definition) is 4. The van der Waals surface area contributed by atoms with Gasteiger partial charge in [0.15, 0.2) is 0 Å². The van der Waals surface area contributed by atoms with Crippen molar-refractivity contribution in [3.63, 3.8) is 0 Å². The number of ether oxygens (including phenoxy) is 2. The van der Waals surface area contributed by atoms with Crippen molar-refractivity contribution in [3.8, 4) is 5.75 Å². The molecule has 0 spiro atoms. The second-order valence-electron chi connectivity index (χ2n) is 7.34. The number of benzene rings is 2. The predicted molar refractivity (Wildman–Crippen MR) is 114 cm³/mol. The van der Waals surface area contributed by atoms with Crippen LogP contribution < -0.4 is 4.74 Å². The lowest BCUT2D eigenvalue weighted by Gasteiger charge is -2.35. The minimum Gasteiger partial charge on any atom is -0.456 e. The van der Waals surface area contributed by atoms with Gasteiger partial charge in [-0.25, -0.2) is 4.39 Å². The van der Waals surface area contributed by atoms with Gasteiger partial charge in [-0.05, 0) is 35.2 Å². The van der Waals surface area contributed by atoms with Gasteiger partial charge in [0.2, 0.25) is 0 Å². The fraction of sp³-hybridized carbons (Fsp3) is 0.250. The van der Waals surface area contributed by atoms with Gasteiger partial charge in [0.05, 0.1) is 18.1 Å². The van der Waals surface area contributed by atoms with E-state index in [2.05, 4.69) is 28.5 Å². The first-order valence-corrected chi connectivity index (χ1v) is 10.8. The van der Waals surface area contributed by atoms with Crippen LogP contribution in [0.5, 0.6) is 5.75 Å². The number of fused-ring (bicyclic) bond motifs is 1. The van der Waals surface area contributed by atoms with Gasteiger partial charge < -0.3 is 9.47 Å². The molecule has 0 bridgehead atoms. The van der Waals surface area contributed by atoms with E-state index < -0.39 is 0 Å². The molecule has 2 aromatic carbocycles. The molecule has 0 radical (unpaired) electrons. The third-order valence-electron chi connectivity index (χ3n) is 5.53. The van der Waals surface area contributed by atoms with Crippen LogP contribution in [0.25, 0.3) is 5.76 Å². The largest absolute Gasteiger partial charge is 0.456 e. The van der Waals surface area contributed by atoms with Crippen molar-refractivity contribution in [3.05, 3.63) is 93.4 Å². The summed E-state index contributed by atoms with van der Waals surface area (Å²) in [5, 5.41) is 2.07. The number of hydrogen-bond donors (Lipinski definition) is 0. The summed E-state index contributed by atoms with van der Waals surface area (Å²) in [7, 11) is 0. The van der Waals surface area contributed by atoms with Crippen LogP contribution in [0.4, 0.5) is 4.39 Å². The molecule has 1 saturated heterocycles. The Bertz CT molecular complexity index is 1010. The topological polar surface area (TPSA) is 21.7 Å². The standard InChI is InChI=1S/C24H22FNO2S/c25-18-9-7-17(8-10-18)23-19-4-1-2-5-21(19)28-24(22-6-3-15-29-22)20(23)16-26-11-13-27-14-12-26/h1-10,15,23H,11-14,16H2/t23-/m1/s1. The molecule has 0 N–H and O–H groups in total. The zero-order valence-electron chi connectivity index (χ0n) is 16.0. The maximum Gasteiger partial charge on any atom is 0.146 e. The fourth-order valence-corrected chi connectivity index (χ4v) is 4.86. The Hall–Kier alpha value is -2.47. The highest BCUT2D eigenvalue weighted by Crippen LogP contribution is 2.46. The molecule has 5 rings (SSSR count). The number of rotatable bonds is 4. The Morgan fingerprint density at radius 3 is 2.52 bits per heavy atom. The third-order valence-corrected chi connectivity index (χ3v) is 6.40. The summed E-state index contributed by atoms with van der Waals surface area (Å²) in [5.41, 5.74) is 3.43. The van der Waals surface area contributed by atoms with Gasteiger partial charge in [0.1, 0.15) is 17.3 Å². The lowest BCUT2D eigenvalue weighted by Crippen LogP contribution is -2.39. The second-order valence-corrected chi connectivity index (χ2v) is 8.29. The van der Waals surface area contributed by atoms with E-state index in [0.717, 1.165) is 60.4 Å². The predicted octanol–water partition coefficient (Wildman–Crippen LogP) is 5.16. The first-order valence-electron chi connectivity index (χ1n) is 9.89. The van der Waals surface area contributed by atoms with Crippen molar-refractivity contribution in [1.82, 2.24) is 4.90 Å². The molecule has 3 heterocycles. The van der Waals surface area contributed by atoms with E-state index in [4.69, 9.17) is 9.47 Å². The molecule has 2 aliphatic rings. The number of nitrogens with zero attached hydrogens (tertiary/aromatic N) is 1. The van der Waals surface area contributed by atoms with Crippen LogP contribution in [0.15, 0.2) is 71.6 Å². The number of thiophene rings is 1. The second kappa shape index (κ2) is 8.11. The van der Waals surface area contributed by atoms with Crippen LogP contribution in [0.3, 0.4) is 0 Å². The van der Waals surface area contributed by atoms with E-state index >= 15 is 0 Å². The van der Waals surface area contributed by atoms with Gasteiger partial charge in [-0.15, -0.1) is 11.3 Å². The molecule has 0 amide bonds. The number of para-hydroxylation sites is 1. The van der Waals surface area contributed by atoms with Gasteiger partial charge in [-0.1, -0.05) is 36.4 Å². The molecular weight excluding hydrogens is 385 g/mol. The lowest BCUT2D eigenvalue weighted by atomic mass is 9.81. The van der Waals surface area contributed by atoms with Crippen molar-refractivity contribution in [1.29, 1.82) is 0 Å². The molecule has 1 aromatic heterocycles. The maximum atomic E-state index is 13.7. The maximum absolute atomic E-state index is 13.7. The third kappa shape index (κ3) is 3.73. The first-order chi connectivity index (χ1) is 14.3. The highest BCUT2D eigenvalue weighted by Gasteiger charge is 2.33. The average Bonchev–Trinajstić information content (AvgIpc) is 3.30. The zero-order chi connectivity index (χ0) is 19.6. The summed E-state index contributed by atoms with van der Waals surface area (Å²) in [6, 6.07) is 19.2. The van der Waals surface area contributed by atoms with Crippen LogP contribution in [0, 0.1) is 5.82 Å². The fourth-order valence-electron chi connectivity index (χ4n) is 4.12. The minimum absolute atomic E-state index is 0.0282. The van der Waals surface area contributed by atoms with E-state index in [9.17, 15) is 4.39 Å². The molecule has 0 aliphatic carbocycles. The van der Waals surface area contributed by atoms with Gasteiger partial charge in [0.25, 0.3) is 0 Å². The summed E-state index contributed by atoms with van der Waals surface area (Å²) >= 11 is 1.68. The molecule has 0 saturated carbocycles. The monoisotopic (exact) mass is 407 g/mol. The van der Waals surface area contributed by atoms with Crippen molar-refractivity contribution >= 4 is 17.1 Å². The van der Waals surface area contributed by atoms with Gasteiger partial charge in [-0.2, -0.15) is 0 Å². The Morgan fingerprint density at radius 2 is 1.76 bits per heavy atom. The lowest BCUT2D eigenvalue weighted by molar-refractivity contribution is 0.0417. The molecule has 1 fully saturated rings. The average molecular weight is 408 g/mol. The molecule has 5 heteroatoms. The Kier molecular flexibility index (Phi) is 5.19. The van der Waals surface area contributed by atoms with E-state index in [1.54, 1.807) is 23.5 Å². The van der Waals surface area contributed by atoms with E-state index in [-0.39, 0.29) is 11.7 Å². The smallest absolute Gasteiger partial charge is 0.146 e. The number of morpholine rings is 1. The van der Waals surface area contributed by atoms with Gasteiger partial charge in [0, 0.05) is 36.7 Å². The summed E-state index contributed by atoms with van der Waals surface area (Å²) in [6.07, 6.45) is 0. The number of halogens is 1. The SMILES string of the molecule is Fc1ccc([C@H]2C(CN3CCOCC3)=C(c3cccs3)Oc3ccccc32)cc1. The van der Waals surface area contributed by atoms with Gasteiger partial charge in [-0.3, -0.25) is 4.90 Å². The highest BCUT2D eigenvalue weighted by molar-refractivity contribution is 7.11. The first kappa shape index (κ1) is 18.6. The molecule has 3 aromatic rings. The molecule has 148 valence electrons. The van der Waals surface area contributed by atoms with Crippen LogP contribution in [-0.4, -0.2) is 37.7 Å². The minimum atomic E-state index is -0.216. The Labute approximate surface area is 174 Å². The zero-order valence-corrected chi connectivity index (χ0v) is 16.8. The quantitative estimate of drug-likeness (QED) is 0.597. The normalized spacial score (nSPS) is 19.7. The van der Waals surface area contributed by atoms with Crippen molar-refractivity contribution < 1.29 is 13.9 Å². The molecular formula is C24H22FNO2S. The summed E-state index contributed by atoms with van der Waals surface area (Å²) in [4.78, 5) is 3.54. The van der Waals surface area contributed by atoms with Crippen molar-refractivity contribution in [2.24, 2.45) is 0 Å². The van der Waals surface area contributed by atoms with E-state index in [1.165, 1.54) is 5.57 Å². The van der Waals surface area contributed by atoms with E-state index in [1.807, 2.05) is 30.3 Å². The summed E-state index contributed by atoms with van der Waals surface area (Å²) < 4.78 is 25.7. The highest BCUT2D eigenvalue weighted by atomic mass is 32.1. The molecule has 0 unspecified atom stereocenters. The molecule has 29 heavy (non-hydrogen) atoms. The van der Waals surface area contributed by atoms with Crippen LogP contribution >= 0.6 is 11.3 Å². The summed E-state index contributed by atoms with van der Waals surface area (Å²) in [5.74, 6) is 1.61. The van der Waals surface area contributed by atoms with E-state index in [0.29, 0.717) is 0 Å². The van der Waals surface area contributed by atoms with Crippen LogP contribution in [-0.2, 0) is 4.74 Å². The molecule has 3 nitrogen and oxygen atoms in total. The van der Waals surface area contributed by atoms with Crippen LogP contribution in [0.2, 0.25) is 0 Å². The molecule has 2 aliphatic heterocycles. The Balaban J connectivity index is 1.66.